The number of hydrogen-bond donors (Lipinski definition) is 1. The van der Waals surface area contributed by atoms with Gasteiger partial charge in [0.05, 0.1) is 6.04 Å². The van der Waals surface area contributed by atoms with Crippen LogP contribution in [0.25, 0.3) is 11.0 Å². The molecular formula is C20H21ClN2O2. The predicted octanol–water partition coefficient (Wildman–Crippen LogP) is 4.43. The molecule has 130 valence electrons. The maximum atomic E-state index is 12.5. The lowest BCUT2D eigenvalue weighted by Crippen LogP contribution is -2.34. The van der Waals surface area contributed by atoms with Gasteiger partial charge < -0.3 is 14.6 Å². The Morgan fingerprint density at radius 2 is 1.88 bits per heavy atom. The molecule has 0 radical (unpaired) electrons. The molecule has 25 heavy (non-hydrogen) atoms. The second-order valence-electron chi connectivity index (χ2n) is 6.39. The summed E-state index contributed by atoms with van der Waals surface area (Å²) in [5.74, 6) is 0.0602. The summed E-state index contributed by atoms with van der Waals surface area (Å²) >= 11 is 5.98. The maximum Gasteiger partial charge on any atom is 0.287 e. The Morgan fingerprint density at radius 3 is 2.56 bits per heavy atom. The number of carbonyl (C=O) groups excluding carboxylic acids is 1. The monoisotopic (exact) mass is 356 g/mol. The lowest BCUT2D eigenvalue weighted by molar-refractivity contribution is 0.0916. The predicted molar refractivity (Wildman–Crippen MR) is 101 cm³/mol. The minimum absolute atomic E-state index is 0.0865. The quantitative estimate of drug-likeness (QED) is 0.735. The number of amides is 1. The summed E-state index contributed by atoms with van der Waals surface area (Å²) in [6.45, 7) is 2.55. The van der Waals surface area contributed by atoms with Crippen molar-refractivity contribution in [2.45, 2.75) is 13.0 Å². The fraction of sp³-hybridized carbons (Fsp3) is 0.250. The average Bonchev–Trinajstić information content (AvgIpc) is 2.99. The van der Waals surface area contributed by atoms with Crippen LogP contribution in [0.2, 0.25) is 5.02 Å². The van der Waals surface area contributed by atoms with Gasteiger partial charge in [0.2, 0.25) is 0 Å². The molecule has 1 amide bonds. The molecule has 0 bridgehead atoms. The first-order valence-corrected chi connectivity index (χ1v) is 8.52. The smallest absolute Gasteiger partial charge is 0.287 e. The zero-order valence-electron chi connectivity index (χ0n) is 14.5. The van der Waals surface area contributed by atoms with Crippen molar-refractivity contribution >= 4 is 28.5 Å². The highest BCUT2D eigenvalue weighted by atomic mass is 35.5. The highest BCUT2D eigenvalue weighted by molar-refractivity contribution is 6.31. The molecule has 1 N–H and O–H groups in total. The summed E-state index contributed by atoms with van der Waals surface area (Å²) in [4.78, 5) is 14.5. The van der Waals surface area contributed by atoms with Gasteiger partial charge >= 0.3 is 0 Å². The molecule has 1 atom stereocenters. The van der Waals surface area contributed by atoms with Crippen molar-refractivity contribution in [3.63, 3.8) is 0 Å². The lowest BCUT2D eigenvalue weighted by atomic mass is 10.0. The number of halogens is 1. The summed E-state index contributed by atoms with van der Waals surface area (Å²) < 4.78 is 5.61. The molecule has 0 saturated carbocycles. The van der Waals surface area contributed by atoms with Crippen LogP contribution in [0.3, 0.4) is 0 Å². The van der Waals surface area contributed by atoms with Crippen molar-refractivity contribution < 1.29 is 9.21 Å². The van der Waals surface area contributed by atoms with Crippen molar-refractivity contribution in [3.05, 3.63) is 70.4 Å². The van der Waals surface area contributed by atoms with E-state index in [0.29, 0.717) is 22.9 Å². The van der Waals surface area contributed by atoms with Gasteiger partial charge in [0.1, 0.15) is 5.58 Å². The summed E-state index contributed by atoms with van der Waals surface area (Å²) in [5, 5.41) is 4.40. The first-order valence-electron chi connectivity index (χ1n) is 8.14. The van der Waals surface area contributed by atoms with Crippen LogP contribution in [0.15, 0.2) is 52.9 Å². The average molecular weight is 357 g/mol. The third-order valence-corrected chi connectivity index (χ3v) is 4.48. The van der Waals surface area contributed by atoms with Crippen molar-refractivity contribution in [1.29, 1.82) is 0 Å². The molecule has 0 saturated heterocycles. The van der Waals surface area contributed by atoms with Gasteiger partial charge in [0, 0.05) is 17.0 Å². The molecule has 2 aromatic carbocycles. The van der Waals surface area contributed by atoms with Gasteiger partial charge in [0.15, 0.2) is 5.76 Å². The minimum atomic E-state index is -0.230. The molecule has 0 spiro atoms. The van der Waals surface area contributed by atoms with E-state index in [4.69, 9.17) is 16.0 Å². The summed E-state index contributed by atoms with van der Waals surface area (Å²) in [6, 6.07) is 15.4. The Bertz CT molecular complexity index is 884. The van der Waals surface area contributed by atoms with Crippen LogP contribution in [-0.2, 0) is 0 Å². The van der Waals surface area contributed by atoms with Gasteiger partial charge in [-0.15, -0.1) is 0 Å². The van der Waals surface area contributed by atoms with Gasteiger partial charge in [-0.2, -0.15) is 0 Å². The van der Waals surface area contributed by atoms with Gasteiger partial charge in [-0.1, -0.05) is 41.4 Å². The zero-order chi connectivity index (χ0) is 18.0. The number of furan rings is 1. The number of aryl methyl sites for hydroxylation is 1. The molecule has 1 heterocycles. The van der Waals surface area contributed by atoms with E-state index in [9.17, 15) is 4.79 Å². The van der Waals surface area contributed by atoms with E-state index in [1.807, 2.05) is 14.1 Å². The maximum absolute atomic E-state index is 12.5. The molecule has 0 aliphatic heterocycles. The molecular weight excluding hydrogens is 336 g/mol. The molecule has 3 rings (SSSR count). The van der Waals surface area contributed by atoms with Crippen LogP contribution < -0.4 is 5.32 Å². The van der Waals surface area contributed by atoms with E-state index in [2.05, 4.69) is 41.4 Å². The number of carbonyl (C=O) groups is 1. The molecule has 1 aromatic heterocycles. The molecule has 3 aromatic rings. The van der Waals surface area contributed by atoms with E-state index in [1.165, 1.54) is 5.56 Å². The molecule has 5 heteroatoms. The topological polar surface area (TPSA) is 45.5 Å². The molecule has 0 aliphatic carbocycles. The van der Waals surface area contributed by atoms with Crippen molar-refractivity contribution in [1.82, 2.24) is 10.2 Å². The SMILES string of the molecule is Cc1ccc(C(CNC(=O)c2cc3cc(Cl)ccc3o2)N(C)C)cc1. The Hall–Kier alpha value is -2.30. The van der Waals surface area contributed by atoms with E-state index in [1.54, 1.807) is 24.3 Å². The fourth-order valence-corrected chi connectivity index (χ4v) is 2.97. The lowest BCUT2D eigenvalue weighted by Gasteiger charge is -2.25. The summed E-state index contributed by atoms with van der Waals surface area (Å²) in [7, 11) is 4.00. The van der Waals surface area contributed by atoms with Crippen LogP contribution in [-0.4, -0.2) is 31.4 Å². The molecule has 0 fully saturated rings. The molecule has 0 aliphatic rings. The Balaban J connectivity index is 1.73. The highest BCUT2D eigenvalue weighted by Gasteiger charge is 2.18. The van der Waals surface area contributed by atoms with Crippen LogP contribution in [0.1, 0.15) is 27.7 Å². The number of rotatable bonds is 5. The van der Waals surface area contributed by atoms with E-state index in [-0.39, 0.29) is 11.9 Å². The Labute approximate surface area is 152 Å². The van der Waals surface area contributed by atoms with E-state index >= 15 is 0 Å². The molecule has 4 nitrogen and oxygen atoms in total. The number of fused-ring (bicyclic) bond motifs is 1. The zero-order valence-corrected chi connectivity index (χ0v) is 15.3. The second kappa shape index (κ2) is 7.30. The van der Waals surface area contributed by atoms with Gasteiger partial charge in [-0.05, 0) is 50.8 Å². The first-order chi connectivity index (χ1) is 11.9. The minimum Gasteiger partial charge on any atom is -0.451 e. The summed E-state index contributed by atoms with van der Waals surface area (Å²) in [5.41, 5.74) is 3.02. The fourth-order valence-electron chi connectivity index (χ4n) is 2.79. The highest BCUT2D eigenvalue weighted by Crippen LogP contribution is 2.23. The number of benzene rings is 2. The third-order valence-electron chi connectivity index (χ3n) is 4.24. The van der Waals surface area contributed by atoms with Crippen LogP contribution >= 0.6 is 11.6 Å². The number of nitrogens with zero attached hydrogens (tertiary/aromatic N) is 1. The van der Waals surface area contributed by atoms with E-state index < -0.39 is 0 Å². The summed E-state index contributed by atoms with van der Waals surface area (Å²) in [6.07, 6.45) is 0. The van der Waals surface area contributed by atoms with Crippen molar-refractivity contribution in [2.75, 3.05) is 20.6 Å². The number of likely N-dealkylation sites (N-methyl/N-ethyl adjacent to an activating group) is 1. The first kappa shape index (κ1) is 17.5. The standard InChI is InChI=1S/C20H21ClN2O2/c1-13-4-6-14(7-5-13)17(23(2)3)12-22-20(24)19-11-15-10-16(21)8-9-18(15)25-19/h4-11,17H,12H2,1-3H3,(H,22,24). The van der Waals surface area contributed by atoms with Crippen LogP contribution in [0.4, 0.5) is 0 Å². The third kappa shape index (κ3) is 4.03. The Kier molecular flexibility index (Phi) is 5.11. The van der Waals surface area contributed by atoms with E-state index in [0.717, 1.165) is 10.9 Å². The van der Waals surface area contributed by atoms with Crippen LogP contribution in [0, 0.1) is 6.92 Å². The Morgan fingerprint density at radius 1 is 1.16 bits per heavy atom. The molecule has 1 unspecified atom stereocenters. The second-order valence-corrected chi connectivity index (χ2v) is 6.83. The van der Waals surface area contributed by atoms with Crippen LogP contribution in [0.5, 0.6) is 0 Å². The normalized spacial score (nSPS) is 12.5. The number of nitrogens with one attached hydrogen (secondary N) is 1. The largest absolute Gasteiger partial charge is 0.451 e. The van der Waals surface area contributed by atoms with Gasteiger partial charge in [-0.25, -0.2) is 0 Å². The van der Waals surface area contributed by atoms with Crippen molar-refractivity contribution in [2.24, 2.45) is 0 Å². The van der Waals surface area contributed by atoms with Gasteiger partial charge in [-0.3, -0.25) is 4.79 Å². The number of hydrogen-bond acceptors (Lipinski definition) is 3. The van der Waals surface area contributed by atoms with Gasteiger partial charge in [0.25, 0.3) is 5.91 Å². The van der Waals surface area contributed by atoms with Crippen molar-refractivity contribution in [3.8, 4) is 0 Å².